The van der Waals surface area contributed by atoms with E-state index in [2.05, 4.69) is 35.0 Å². The number of nitrogen functional groups attached to an aromatic ring is 1. The highest BCUT2D eigenvalue weighted by Crippen LogP contribution is 2.23. The highest BCUT2D eigenvalue weighted by atomic mass is 35.5. The predicted molar refractivity (Wildman–Crippen MR) is 386 cm³/mol. The number of rotatable bonds is 19. The number of ether oxygens (including phenoxy) is 2. The Balaban J connectivity index is 0.000000225. The third-order valence-corrected chi connectivity index (χ3v) is 18.4. The Bertz CT molecular complexity index is 4540. The maximum Gasteiger partial charge on any atom is 0.409 e. The number of aromatic nitrogens is 3. The molecule has 26 nitrogen and oxygen atoms in total. The molecule has 0 spiro atoms. The zero-order valence-corrected chi connectivity index (χ0v) is 59.2. The molecule has 0 atom stereocenters. The number of hydrogen-bond acceptors (Lipinski definition) is 20. The smallest absolute Gasteiger partial charge is 0.409 e. The van der Waals surface area contributed by atoms with Gasteiger partial charge in [0, 0.05) is 98.2 Å². The van der Waals surface area contributed by atoms with E-state index in [0.717, 1.165) is 42.4 Å². The lowest BCUT2D eigenvalue weighted by molar-refractivity contribution is -0.133. The number of benzene rings is 6. The number of ketones is 1. The number of pyridine rings is 3. The number of carbonyl (C=O) groups excluding carboxylic acids is 4. The van der Waals surface area contributed by atoms with Gasteiger partial charge < -0.3 is 37.3 Å². The van der Waals surface area contributed by atoms with E-state index in [9.17, 15) is 52.8 Å². The average molecular weight is 1500 g/mol. The van der Waals surface area contributed by atoms with E-state index in [4.69, 9.17) is 47.2 Å². The van der Waals surface area contributed by atoms with Gasteiger partial charge in [0.1, 0.15) is 17.3 Å². The summed E-state index contributed by atoms with van der Waals surface area (Å²) in [5.74, 6) is 0.376. The Labute approximate surface area is 598 Å². The summed E-state index contributed by atoms with van der Waals surface area (Å²) in [6.45, 7) is 0.956. The molecule has 2 fully saturated rings. The quantitative estimate of drug-likeness (QED) is 0.0119. The fourth-order valence-electron chi connectivity index (χ4n) is 9.26. The first kappa shape index (κ1) is 83.0. The van der Waals surface area contributed by atoms with Crippen molar-refractivity contribution in [1.82, 2.24) is 25.0 Å². The van der Waals surface area contributed by atoms with Crippen LogP contribution in [0.2, 0.25) is 0 Å². The Morgan fingerprint density at radius 2 is 0.980 bits per heavy atom. The van der Waals surface area contributed by atoms with Crippen LogP contribution in [0.1, 0.15) is 85.6 Å². The second-order valence-electron chi connectivity index (χ2n) is 22.4. The molecule has 2 amide bonds. The van der Waals surface area contributed by atoms with Gasteiger partial charge in [0.25, 0.3) is 30.4 Å². The summed E-state index contributed by atoms with van der Waals surface area (Å²) >= 11 is 4.95. The lowest BCUT2D eigenvalue weighted by Gasteiger charge is -2.13. The van der Waals surface area contributed by atoms with Crippen LogP contribution in [0.3, 0.4) is 0 Å². The van der Waals surface area contributed by atoms with Gasteiger partial charge in [-0.1, -0.05) is 105 Å². The van der Waals surface area contributed by atoms with E-state index < -0.39 is 57.8 Å². The summed E-state index contributed by atoms with van der Waals surface area (Å²) in [5, 5.41) is 5.38. The van der Waals surface area contributed by atoms with Gasteiger partial charge in [-0.05, 0) is 175 Å². The van der Waals surface area contributed by atoms with Gasteiger partial charge in [-0.15, -0.1) is 0 Å². The van der Waals surface area contributed by atoms with Crippen molar-refractivity contribution in [3.63, 3.8) is 0 Å². The SMILES string of the molecule is NC1CCCC1.NCc1ccncc1.Nc1cccc(S(=O)(=O)O)c1.O=C(CCc1cccnc1)Cc1cccc(S(=O)(=O)O)c1.O=C(Cc1cccc(S(=O)(=O)O)c1)Oc1ccccc1.O=C(Cl)Oc1ccccc1.O=C(NCc1ccncc1)Nc1cccc(S(=O)(=O)NC2CCCC2)c1. The molecule has 2 aliphatic rings. The molecule has 0 unspecified atom stereocenters. The standard InChI is InChI=1S/C18H22N4O3S.C15H15NO4S.C14H12O5S.C7H5ClO2.C6H8N2.C6H7NO3S.C5H11N/c23-18(20-13-14-8-10-19-11-9-14)21-16-6-3-7-17(12-16)26(24,25)22-15-4-1-2-5-15;17-14(7-6-12-4-2-8-16-11-12)9-13-3-1-5-15(10-13)21(18,19)20;15-14(19-12-6-2-1-3-7-12)10-11-5-4-8-13(9-11)20(16,17)18;8-7(9)10-6-4-2-1-3-5-6;7-5-6-1-3-8-4-2-6;7-5-2-1-3-6(4-5)11(8,9)10;6-5-3-1-2-4-5/h3,6-12,15,22H,1-2,4-5,13H2,(H2,20,21,23);1-5,8,10-11H,6-7,9H2,(H,18,19,20);1-9H,10H2,(H,16,17,18);1-5H;1-4H,5,7H2;1-4H,7H2,(H,8,9,10);5H,1-4,6H2. The fraction of sp³-hybridized carbons (Fsp3) is 0.225. The molecule has 0 saturated heterocycles. The number of amides is 2. The summed E-state index contributed by atoms with van der Waals surface area (Å²) in [6, 6.07) is 51.5. The molecular formula is C71H80ClN9O17S4. The summed E-state index contributed by atoms with van der Waals surface area (Å²) in [4.78, 5) is 57.1. The average Bonchev–Trinajstić information content (AvgIpc) is 1.25. The van der Waals surface area contributed by atoms with Crippen molar-refractivity contribution in [1.29, 1.82) is 0 Å². The van der Waals surface area contributed by atoms with Crippen molar-refractivity contribution in [2.75, 3.05) is 11.1 Å². The number of sulfonamides is 1. The van der Waals surface area contributed by atoms with Crippen LogP contribution in [0.25, 0.3) is 0 Å². The molecule has 0 aliphatic heterocycles. The maximum atomic E-state index is 12.5. The fourth-order valence-corrected chi connectivity index (χ4v) is 12.3. The van der Waals surface area contributed by atoms with Gasteiger partial charge in [-0.2, -0.15) is 25.3 Å². The van der Waals surface area contributed by atoms with Crippen LogP contribution in [0, 0.1) is 0 Å². The Hall–Kier alpha value is -9.70. The first-order chi connectivity index (χ1) is 48.5. The Kier molecular flexibility index (Phi) is 35.1. The molecule has 2 aliphatic carbocycles. The van der Waals surface area contributed by atoms with Crippen LogP contribution in [-0.4, -0.2) is 97.6 Å². The summed E-state index contributed by atoms with van der Waals surface area (Å²) in [5.41, 5.74) is 20.1. The van der Waals surface area contributed by atoms with E-state index in [1.54, 1.807) is 116 Å². The van der Waals surface area contributed by atoms with E-state index in [-0.39, 0.29) is 44.2 Å². The van der Waals surface area contributed by atoms with Crippen molar-refractivity contribution in [2.45, 2.75) is 122 Å². The molecule has 31 heteroatoms. The van der Waals surface area contributed by atoms with Crippen molar-refractivity contribution in [3.8, 4) is 11.5 Å². The highest BCUT2D eigenvalue weighted by Gasteiger charge is 2.23. The first-order valence-electron chi connectivity index (χ1n) is 31.5. The monoisotopic (exact) mass is 1490 g/mol. The molecule has 542 valence electrons. The lowest BCUT2D eigenvalue weighted by Crippen LogP contribution is -2.32. The van der Waals surface area contributed by atoms with E-state index in [1.165, 1.54) is 98.5 Å². The molecule has 3 aromatic heterocycles. The molecule has 3 heterocycles. The predicted octanol–water partition coefficient (Wildman–Crippen LogP) is 11.1. The van der Waals surface area contributed by atoms with Crippen LogP contribution in [-0.2, 0) is 82.3 Å². The second-order valence-corrected chi connectivity index (χ2v) is 28.7. The van der Waals surface area contributed by atoms with Gasteiger partial charge in [0.05, 0.1) is 26.0 Å². The normalized spacial score (nSPS) is 12.6. The number of carbonyl (C=O) groups is 4. The van der Waals surface area contributed by atoms with E-state index in [0.29, 0.717) is 66.0 Å². The number of nitrogens with one attached hydrogen (secondary N) is 3. The number of nitrogens with zero attached hydrogens (tertiary/aromatic N) is 3. The van der Waals surface area contributed by atoms with Gasteiger partial charge >= 0.3 is 17.4 Å². The Morgan fingerprint density at radius 3 is 1.45 bits per heavy atom. The number of urea groups is 1. The molecule has 0 radical (unpaired) electrons. The molecular weight excluding hydrogens is 1410 g/mol. The van der Waals surface area contributed by atoms with Crippen molar-refractivity contribution in [3.05, 3.63) is 259 Å². The zero-order valence-electron chi connectivity index (χ0n) is 55.1. The topological polar surface area (TPSA) is 437 Å². The lowest BCUT2D eigenvalue weighted by atomic mass is 10.0. The molecule has 102 heavy (non-hydrogen) atoms. The van der Waals surface area contributed by atoms with E-state index >= 15 is 0 Å². The van der Waals surface area contributed by atoms with Crippen LogP contribution in [0.4, 0.5) is 21.0 Å². The number of aryl methyl sites for hydroxylation is 1. The number of Topliss-reactive ketones (excluding diaryl/α,β-unsaturated/α-hetero) is 1. The number of anilines is 2. The van der Waals surface area contributed by atoms with Gasteiger partial charge in [0.2, 0.25) is 10.0 Å². The molecule has 0 bridgehead atoms. The van der Waals surface area contributed by atoms with Crippen molar-refractivity contribution in [2.24, 2.45) is 11.5 Å². The van der Waals surface area contributed by atoms with Crippen molar-refractivity contribution >= 4 is 86.6 Å². The minimum Gasteiger partial charge on any atom is -0.426 e. The number of halogens is 1. The number of hydrogen-bond donors (Lipinski definition) is 9. The minimum absolute atomic E-state index is 0.000256. The largest absolute Gasteiger partial charge is 0.426 e. The van der Waals surface area contributed by atoms with Crippen LogP contribution in [0.5, 0.6) is 11.5 Å². The van der Waals surface area contributed by atoms with Crippen LogP contribution >= 0.6 is 11.6 Å². The number of nitrogens with two attached hydrogens (primary N) is 3. The molecule has 6 aromatic carbocycles. The van der Waals surface area contributed by atoms with Crippen molar-refractivity contribution < 1.29 is 76.0 Å². The number of para-hydroxylation sites is 2. The minimum atomic E-state index is -4.27. The van der Waals surface area contributed by atoms with Crippen LogP contribution in [0.15, 0.2) is 251 Å². The first-order valence-corrected chi connectivity index (χ1v) is 37.7. The maximum absolute atomic E-state index is 12.5. The van der Waals surface area contributed by atoms with Gasteiger partial charge in [0.15, 0.2) is 0 Å². The Morgan fingerprint density at radius 1 is 0.500 bits per heavy atom. The number of esters is 1. The summed E-state index contributed by atoms with van der Waals surface area (Å²) < 4.78 is 129. The summed E-state index contributed by atoms with van der Waals surface area (Å²) in [6.07, 6.45) is 20.3. The van der Waals surface area contributed by atoms with Gasteiger partial charge in [-0.25, -0.2) is 22.7 Å². The molecule has 9 aromatic rings. The molecule has 11 rings (SSSR count). The molecule has 12 N–H and O–H groups in total. The third-order valence-electron chi connectivity index (χ3n) is 14.3. The van der Waals surface area contributed by atoms with E-state index in [1.807, 2.05) is 42.5 Å². The third kappa shape index (κ3) is 34.1. The van der Waals surface area contributed by atoms with Gasteiger partial charge in [-0.3, -0.25) is 38.2 Å². The zero-order chi connectivity index (χ0) is 74.4. The molecule has 2 saturated carbocycles. The second kappa shape index (κ2) is 43.2. The summed E-state index contributed by atoms with van der Waals surface area (Å²) in [7, 11) is -16.2. The highest BCUT2D eigenvalue weighted by molar-refractivity contribution is 7.89. The van der Waals surface area contributed by atoms with Crippen LogP contribution < -0.4 is 42.0 Å².